The Balaban J connectivity index is 2.61. The van der Waals surface area contributed by atoms with E-state index in [9.17, 15) is 0 Å². The molecule has 0 unspecified atom stereocenters. The SMILES string of the molecule is CC[C@@H](C)/C(C)=N\NC(=S)Nc1ccc(C)cc1C. The van der Waals surface area contributed by atoms with E-state index in [4.69, 9.17) is 12.2 Å². The van der Waals surface area contributed by atoms with Crippen molar-refractivity contribution in [3.63, 3.8) is 0 Å². The zero-order chi connectivity index (χ0) is 14.4. The molecule has 0 radical (unpaired) electrons. The molecule has 1 aromatic carbocycles. The Morgan fingerprint density at radius 2 is 2.05 bits per heavy atom. The summed E-state index contributed by atoms with van der Waals surface area (Å²) in [6.07, 6.45) is 1.08. The van der Waals surface area contributed by atoms with Crippen LogP contribution in [0, 0.1) is 19.8 Å². The topological polar surface area (TPSA) is 36.4 Å². The molecule has 0 amide bonds. The summed E-state index contributed by atoms with van der Waals surface area (Å²) in [6, 6.07) is 6.22. The minimum absolute atomic E-state index is 0.469. The normalized spacial score (nSPS) is 13.0. The van der Waals surface area contributed by atoms with Crippen molar-refractivity contribution < 1.29 is 0 Å². The largest absolute Gasteiger partial charge is 0.331 e. The van der Waals surface area contributed by atoms with Crippen LogP contribution in [0.5, 0.6) is 0 Å². The van der Waals surface area contributed by atoms with E-state index in [1.165, 1.54) is 11.1 Å². The molecule has 0 saturated heterocycles. The highest BCUT2D eigenvalue weighted by atomic mass is 32.1. The summed E-state index contributed by atoms with van der Waals surface area (Å²) in [5, 5.41) is 7.99. The second kappa shape index (κ2) is 7.24. The molecule has 0 spiro atoms. The summed E-state index contributed by atoms with van der Waals surface area (Å²) in [5.74, 6) is 0.469. The molecule has 0 saturated carbocycles. The Bertz CT molecular complexity index is 480. The van der Waals surface area contributed by atoms with E-state index in [0.717, 1.165) is 17.8 Å². The van der Waals surface area contributed by atoms with Crippen LogP contribution in [0.3, 0.4) is 0 Å². The summed E-state index contributed by atoms with van der Waals surface area (Å²) in [7, 11) is 0. The number of nitrogens with zero attached hydrogens (tertiary/aromatic N) is 1. The maximum atomic E-state index is 5.24. The maximum Gasteiger partial charge on any atom is 0.191 e. The summed E-state index contributed by atoms with van der Waals surface area (Å²) < 4.78 is 0. The van der Waals surface area contributed by atoms with E-state index >= 15 is 0 Å². The molecular weight excluding hydrogens is 254 g/mol. The highest BCUT2D eigenvalue weighted by molar-refractivity contribution is 7.80. The number of thiocarbonyl (C=S) groups is 1. The van der Waals surface area contributed by atoms with Gasteiger partial charge in [0.05, 0.1) is 0 Å². The standard InChI is InChI=1S/C15H23N3S/c1-6-11(3)13(5)17-18-15(19)16-14-8-7-10(2)9-12(14)4/h7-9,11H,6H2,1-5H3,(H2,16,18,19)/b17-13-/t11-/m1/s1. The third-order valence-electron chi connectivity index (χ3n) is 3.29. The average Bonchev–Trinajstić information content (AvgIpc) is 2.38. The molecule has 104 valence electrons. The van der Waals surface area contributed by atoms with E-state index < -0.39 is 0 Å². The molecule has 19 heavy (non-hydrogen) atoms. The van der Waals surface area contributed by atoms with Crippen molar-refractivity contribution in [2.45, 2.75) is 41.0 Å². The Morgan fingerprint density at radius 1 is 1.37 bits per heavy atom. The van der Waals surface area contributed by atoms with Gasteiger partial charge >= 0.3 is 0 Å². The predicted molar refractivity (Wildman–Crippen MR) is 87.8 cm³/mol. The van der Waals surface area contributed by atoms with Crippen molar-refractivity contribution in [2.75, 3.05) is 5.32 Å². The lowest BCUT2D eigenvalue weighted by molar-refractivity contribution is 0.727. The number of aryl methyl sites for hydroxylation is 2. The minimum Gasteiger partial charge on any atom is -0.331 e. The Kier molecular flexibility index (Phi) is 5.96. The summed E-state index contributed by atoms with van der Waals surface area (Å²) in [6.45, 7) is 10.5. The van der Waals surface area contributed by atoms with E-state index in [1.807, 2.05) is 13.0 Å². The first-order valence-electron chi connectivity index (χ1n) is 6.62. The molecule has 0 aromatic heterocycles. The Hall–Kier alpha value is -1.42. The average molecular weight is 277 g/mol. The van der Waals surface area contributed by atoms with Gasteiger partial charge in [0, 0.05) is 11.4 Å². The lowest BCUT2D eigenvalue weighted by Gasteiger charge is -2.12. The summed E-state index contributed by atoms with van der Waals surface area (Å²) >= 11 is 5.24. The smallest absolute Gasteiger partial charge is 0.191 e. The number of hydrogen-bond acceptors (Lipinski definition) is 2. The zero-order valence-electron chi connectivity index (χ0n) is 12.4. The van der Waals surface area contributed by atoms with E-state index in [1.54, 1.807) is 0 Å². The number of hydrazone groups is 1. The lowest BCUT2D eigenvalue weighted by Crippen LogP contribution is -2.26. The van der Waals surface area contributed by atoms with Gasteiger partial charge in [0.1, 0.15) is 0 Å². The first-order valence-corrected chi connectivity index (χ1v) is 7.03. The molecule has 3 nitrogen and oxygen atoms in total. The Morgan fingerprint density at radius 3 is 2.63 bits per heavy atom. The van der Waals surface area contributed by atoms with Gasteiger partial charge in [0.25, 0.3) is 0 Å². The highest BCUT2D eigenvalue weighted by Crippen LogP contribution is 2.15. The molecule has 1 aromatic rings. The fraction of sp³-hybridized carbons (Fsp3) is 0.467. The second-order valence-electron chi connectivity index (χ2n) is 4.95. The molecule has 2 N–H and O–H groups in total. The molecule has 0 aliphatic rings. The van der Waals surface area contributed by atoms with E-state index in [-0.39, 0.29) is 0 Å². The van der Waals surface area contributed by atoms with Crippen LogP contribution in [0.1, 0.15) is 38.3 Å². The third-order valence-corrected chi connectivity index (χ3v) is 3.48. The van der Waals surface area contributed by atoms with Crippen molar-refractivity contribution in [3.05, 3.63) is 29.3 Å². The van der Waals surface area contributed by atoms with Crippen LogP contribution in [-0.4, -0.2) is 10.8 Å². The van der Waals surface area contributed by atoms with Gasteiger partial charge in [-0.05, 0) is 57.0 Å². The van der Waals surface area contributed by atoms with Crippen LogP contribution < -0.4 is 10.7 Å². The minimum atomic E-state index is 0.469. The van der Waals surface area contributed by atoms with Crippen molar-refractivity contribution in [3.8, 4) is 0 Å². The van der Waals surface area contributed by atoms with Crippen molar-refractivity contribution >= 4 is 28.7 Å². The van der Waals surface area contributed by atoms with Crippen LogP contribution >= 0.6 is 12.2 Å². The molecule has 1 rings (SSSR count). The van der Waals surface area contributed by atoms with Crippen LogP contribution in [0.4, 0.5) is 5.69 Å². The van der Waals surface area contributed by atoms with Gasteiger partial charge in [0.2, 0.25) is 0 Å². The van der Waals surface area contributed by atoms with E-state index in [2.05, 4.69) is 55.7 Å². The van der Waals surface area contributed by atoms with Crippen LogP contribution in [0.15, 0.2) is 23.3 Å². The fourth-order valence-electron chi connectivity index (χ4n) is 1.65. The van der Waals surface area contributed by atoms with Gasteiger partial charge < -0.3 is 5.32 Å². The highest BCUT2D eigenvalue weighted by Gasteiger charge is 2.04. The van der Waals surface area contributed by atoms with Gasteiger partial charge in [-0.2, -0.15) is 5.10 Å². The Labute approximate surface area is 121 Å². The molecule has 0 fully saturated rings. The lowest BCUT2D eigenvalue weighted by atomic mass is 10.1. The monoisotopic (exact) mass is 277 g/mol. The fourth-order valence-corrected chi connectivity index (χ4v) is 1.80. The first kappa shape index (κ1) is 15.6. The third kappa shape index (κ3) is 4.99. The van der Waals surface area contributed by atoms with Gasteiger partial charge in [-0.1, -0.05) is 31.5 Å². The molecule has 4 heteroatoms. The second-order valence-corrected chi connectivity index (χ2v) is 5.36. The van der Waals surface area contributed by atoms with Crippen molar-refractivity contribution in [1.29, 1.82) is 0 Å². The summed E-state index contributed by atoms with van der Waals surface area (Å²) in [5.41, 5.74) is 7.39. The number of anilines is 1. The van der Waals surface area contributed by atoms with Gasteiger partial charge in [-0.15, -0.1) is 0 Å². The van der Waals surface area contributed by atoms with Crippen LogP contribution in [0.2, 0.25) is 0 Å². The summed E-state index contributed by atoms with van der Waals surface area (Å²) in [4.78, 5) is 0. The van der Waals surface area contributed by atoms with Crippen molar-refractivity contribution in [2.24, 2.45) is 11.0 Å². The number of benzene rings is 1. The molecular formula is C15H23N3S. The molecule has 0 aliphatic heterocycles. The van der Waals surface area contributed by atoms with Crippen LogP contribution in [0.25, 0.3) is 0 Å². The zero-order valence-corrected chi connectivity index (χ0v) is 13.2. The number of hydrogen-bond donors (Lipinski definition) is 2. The first-order chi connectivity index (χ1) is 8.93. The maximum absolute atomic E-state index is 5.24. The van der Waals surface area contributed by atoms with Crippen LogP contribution in [-0.2, 0) is 0 Å². The van der Waals surface area contributed by atoms with Gasteiger partial charge in [-0.25, -0.2) is 0 Å². The molecule has 0 heterocycles. The van der Waals surface area contributed by atoms with Crippen molar-refractivity contribution in [1.82, 2.24) is 5.43 Å². The predicted octanol–water partition coefficient (Wildman–Crippen LogP) is 4.01. The molecule has 0 aliphatic carbocycles. The molecule has 1 atom stereocenters. The number of rotatable bonds is 4. The quantitative estimate of drug-likeness (QED) is 0.496. The number of nitrogens with one attached hydrogen (secondary N) is 2. The van der Waals surface area contributed by atoms with E-state index in [0.29, 0.717) is 11.0 Å². The molecule has 0 bridgehead atoms. The van der Waals surface area contributed by atoms with Gasteiger partial charge in [0.15, 0.2) is 5.11 Å². The van der Waals surface area contributed by atoms with Gasteiger partial charge in [-0.3, -0.25) is 5.43 Å².